The number of piperazine rings is 1. The number of ether oxygens (including phenoxy) is 2. The van der Waals surface area contributed by atoms with Crippen LogP contribution in [0.4, 0.5) is 30.3 Å². The molecule has 3 aliphatic rings. The molecule has 3 saturated heterocycles. The van der Waals surface area contributed by atoms with Crippen LogP contribution in [0.15, 0.2) is 55.0 Å². The van der Waals surface area contributed by atoms with Crippen LogP contribution in [0.25, 0.3) is 11.3 Å². The monoisotopic (exact) mass is 637 g/mol. The molecule has 0 radical (unpaired) electrons. The lowest BCUT2D eigenvalue weighted by atomic mass is 10.0. The number of aromatic nitrogens is 2. The van der Waals surface area contributed by atoms with Gasteiger partial charge in [0.2, 0.25) is 0 Å². The number of piperidine rings is 1. The number of aliphatic hydroxyl groups is 1. The number of carbonyl (C=O) groups is 1. The predicted octanol–water partition coefficient (Wildman–Crippen LogP) is 3.55. The molecule has 1 aromatic heterocycles. The number of aliphatic hydroxyl groups excluding tert-OH is 1. The maximum absolute atomic E-state index is 15.9. The fraction of sp³-hybridized carbons (Fsp3) is 0.438. The number of benzene rings is 2. The van der Waals surface area contributed by atoms with E-state index in [4.69, 9.17) is 9.47 Å². The molecule has 0 saturated carbocycles. The fourth-order valence-electron chi connectivity index (χ4n) is 5.94. The van der Waals surface area contributed by atoms with Gasteiger partial charge in [0, 0.05) is 50.4 Å². The normalized spacial score (nSPS) is 20.8. The summed E-state index contributed by atoms with van der Waals surface area (Å²) in [6.07, 6.45) is -0.612. The highest BCUT2D eigenvalue weighted by molar-refractivity contribution is 5.80. The molecule has 1 unspecified atom stereocenters. The molecular formula is C32H34F3N7O4. The zero-order valence-corrected chi connectivity index (χ0v) is 25.2. The van der Waals surface area contributed by atoms with Crippen molar-refractivity contribution in [2.24, 2.45) is 0 Å². The first-order valence-corrected chi connectivity index (χ1v) is 15.1. The third-order valence-corrected chi connectivity index (χ3v) is 8.64. The van der Waals surface area contributed by atoms with E-state index in [1.807, 2.05) is 18.2 Å². The van der Waals surface area contributed by atoms with Gasteiger partial charge < -0.3 is 24.4 Å². The van der Waals surface area contributed by atoms with Crippen molar-refractivity contribution in [2.75, 3.05) is 62.5 Å². The molecule has 1 amide bonds. The molecule has 2 aromatic carbocycles. The van der Waals surface area contributed by atoms with E-state index in [-0.39, 0.29) is 41.3 Å². The van der Waals surface area contributed by atoms with E-state index in [0.717, 1.165) is 50.0 Å². The van der Waals surface area contributed by atoms with Crippen molar-refractivity contribution in [2.45, 2.75) is 37.5 Å². The smallest absolute Gasteiger partial charge is 0.301 e. The van der Waals surface area contributed by atoms with E-state index < -0.39 is 30.6 Å². The number of halogens is 3. The highest BCUT2D eigenvalue weighted by Crippen LogP contribution is 2.38. The first-order chi connectivity index (χ1) is 22.1. The number of likely N-dealkylation sites (tertiary alicyclic amines) is 1. The van der Waals surface area contributed by atoms with Gasteiger partial charge in [0.15, 0.2) is 6.10 Å². The largest absolute Gasteiger partial charge is 0.483 e. The zero-order chi connectivity index (χ0) is 32.4. The molecule has 3 aliphatic heterocycles. The van der Waals surface area contributed by atoms with Gasteiger partial charge in [0.05, 0.1) is 43.2 Å². The van der Waals surface area contributed by atoms with Gasteiger partial charge in [-0.2, -0.15) is 10.4 Å². The van der Waals surface area contributed by atoms with E-state index >= 15 is 4.48 Å². The molecule has 46 heavy (non-hydrogen) atoms. The highest BCUT2D eigenvalue weighted by Gasteiger charge is 2.48. The van der Waals surface area contributed by atoms with Crippen LogP contribution in [0, 0.1) is 11.3 Å². The molecule has 0 aliphatic carbocycles. The van der Waals surface area contributed by atoms with Crippen molar-refractivity contribution in [3.05, 3.63) is 60.6 Å². The molecule has 0 bridgehead atoms. The van der Waals surface area contributed by atoms with Crippen LogP contribution >= 0.6 is 0 Å². The van der Waals surface area contributed by atoms with Gasteiger partial charge in [0.25, 0.3) is 5.91 Å². The maximum atomic E-state index is 15.9. The summed E-state index contributed by atoms with van der Waals surface area (Å²) in [5, 5.41) is 19.8. The highest BCUT2D eigenvalue weighted by atomic mass is 19.3. The molecule has 2 atom stereocenters. The number of rotatable bonds is 8. The molecule has 3 fully saturated rings. The average molecular weight is 638 g/mol. The Kier molecular flexibility index (Phi) is 8.99. The molecule has 6 rings (SSSR count). The van der Waals surface area contributed by atoms with Crippen LogP contribution < -0.4 is 14.8 Å². The number of anilines is 3. The summed E-state index contributed by atoms with van der Waals surface area (Å²) in [5.74, 6) is -4.28. The quantitative estimate of drug-likeness (QED) is 0.368. The molecule has 14 heteroatoms. The number of nitriles is 1. The van der Waals surface area contributed by atoms with Crippen molar-refractivity contribution in [3.8, 4) is 23.1 Å². The lowest BCUT2D eigenvalue weighted by Crippen LogP contribution is -2.56. The zero-order valence-electron chi connectivity index (χ0n) is 25.2. The Morgan fingerprint density at radius 3 is 2.52 bits per heavy atom. The number of hydrogen-bond donors (Lipinski definition) is 1. The van der Waals surface area contributed by atoms with Crippen molar-refractivity contribution in [3.63, 3.8) is 0 Å². The number of nitrogens with zero attached hydrogens (tertiary/aromatic N) is 7. The molecular weight excluding hydrogens is 603 g/mol. The van der Waals surface area contributed by atoms with Crippen LogP contribution in [-0.4, -0.2) is 107 Å². The van der Waals surface area contributed by atoms with Gasteiger partial charge in [-0.1, -0.05) is 4.48 Å². The molecule has 0 spiro atoms. The topological polar surface area (TPSA) is 118 Å². The van der Waals surface area contributed by atoms with Gasteiger partial charge in [-0.05, 0) is 49.4 Å². The second-order valence-corrected chi connectivity index (χ2v) is 11.7. The van der Waals surface area contributed by atoms with Crippen molar-refractivity contribution in [1.29, 1.82) is 5.26 Å². The third kappa shape index (κ3) is 6.44. The van der Waals surface area contributed by atoms with E-state index in [2.05, 4.69) is 19.8 Å². The second kappa shape index (κ2) is 13.1. The first kappa shape index (κ1) is 31.5. The summed E-state index contributed by atoms with van der Waals surface area (Å²) in [5.41, 5.74) is 1.79. The van der Waals surface area contributed by atoms with Crippen LogP contribution in [0.3, 0.4) is 0 Å². The predicted molar refractivity (Wildman–Crippen MR) is 163 cm³/mol. The van der Waals surface area contributed by atoms with Gasteiger partial charge in [-0.3, -0.25) is 9.69 Å². The number of hydrogen-bond acceptors (Lipinski definition) is 10. The number of amides is 1. The molecule has 1 N–H and O–H groups in total. The van der Waals surface area contributed by atoms with E-state index in [1.165, 1.54) is 37.6 Å². The van der Waals surface area contributed by atoms with E-state index in [1.54, 1.807) is 12.1 Å². The van der Waals surface area contributed by atoms with Crippen LogP contribution in [0.5, 0.6) is 5.75 Å². The molecule has 3 aromatic rings. The van der Waals surface area contributed by atoms with E-state index in [9.17, 15) is 23.9 Å². The van der Waals surface area contributed by atoms with Gasteiger partial charge >= 0.3 is 5.92 Å². The maximum Gasteiger partial charge on any atom is 0.301 e. The van der Waals surface area contributed by atoms with Crippen molar-refractivity contribution < 1.29 is 32.6 Å². The standard InChI is InChI=1S/C32H34F3N7O4/c1-21(43)31(44)41-9-8-29(32(33,34)19-41)46-28-7-2-22(14-23(28)15-36)30-27(16-37-20-38-30)42(35)25-5-3-24(4-6-25)39-10-12-40(13-11-39)26-17-45-18-26/h2-7,14,16,20-21,26,29,43H,8-13,17-19H2,1H3/t21-,29?/m0/s1. The van der Waals surface area contributed by atoms with Gasteiger partial charge in [-0.25, -0.2) is 18.7 Å². The second-order valence-electron chi connectivity index (χ2n) is 11.7. The van der Waals surface area contributed by atoms with Gasteiger partial charge in [-0.15, -0.1) is 0 Å². The summed E-state index contributed by atoms with van der Waals surface area (Å²) in [4.78, 5) is 25.9. The Morgan fingerprint density at radius 2 is 1.89 bits per heavy atom. The van der Waals surface area contributed by atoms with Crippen LogP contribution in [-0.2, 0) is 9.53 Å². The summed E-state index contributed by atoms with van der Waals surface area (Å²) in [6.45, 7) is 5.47. The summed E-state index contributed by atoms with van der Waals surface area (Å²) in [6, 6.07) is 13.8. The van der Waals surface area contributed by atoms with Gasteiger partial charge in [0.1, 0.15) is 35.6 Å². The minimum absolute atomic E-state index is 0.0332. The minimum Gasteiger partial charge on any atom is -0.483 e. The van der Waals surface area contributed by atoms with Crippen molar-refractivity contribution in [1.82, 2.24) is 19.8 Å². The molecule has 11 nitrogen and oxygen atoms in total. The Hall–Kier alpha value is -4.45. The summed E-state index contributed by atoms with van der Waals surface area (Å²) < 4.78 is 56.7. The summed E-state index contributed by atoms with van der Waals surface area (Å²) >= 11 is 0. The summed E-state index contributed by atoms with van der Waals surface area (Å²) in [7, 11) is 0. The number of carbonyl (C=O) groups excluding carboxylic acids is 1. The molecule has 242 valence electrons. The minimum atomic E-state index is -3.42. The lowest BCUT2D eigenvalue weighted by molar-refractivity contribution is -0.165. The lowest BCUT2D eigenvalue weighted by Gasteiger charge is -2.43. The van der Waals surface area contributed by atoms with E-state index in [0.29, 0.717) is 16.7 Å². The van der Waals surface area contributed by atoms with Crippen LogP contribution in [0.2, 0.25) is 0 Å². The third-order valence-electron chi connectivity index (χ3n) is 8.64. The molecule has 4 heterocycles. The van der Waals surface area contributed by atoms with Crippen LogP contribution in [0.1, 0.15) is 18.9 Å². The Labute approximate surface area is 264 Å². The van der Waals surface area contributed by atoms with Crippen molar-refractivity contribution >= 4 is 23.0 Å². The average Bonchev–Trinajstić information content (AvgIpc) is 3.04. The fourth-order valence-corrected chi connectivity index (χ4v) is 5.94. The Balaban J connectivity index is 1.16. The first-order valence-electron chi connectivity index (χ1n) is 15.1. The SMILES string of the molecule is C[C@H](O)C(=O)N1CCC(Oc2ccc(-c3ncncc3N(F)c3ccc(N4CCN(C5COC5)CC4)cc3)cc2C#N)C(F)(F)C1. The number of alkyl halides is 2. The Bertz CT molecular complexity index is 1590. The Morgan fingerprint density at radius 1 is 1.15 bits per heavy atom.